The van der Waals surface area contributed by atoms with Gasteiger partial charge >= 0.3 is 5.97 Å². The number of aromatic nitrogens is 4. The van der Waals surface area contributed by atoms with Crippen molar-refractivity contribution in [1.29, 1.82) is 0 Å². The minimum absolute atomic E-state index is 0.0337. The van der Waals surface area contributed by atoms with E-state index in [4.69, 9.17) is 20.3 Å². The number of anilines is 1. The molecule has 176 valence electrons. The van der Waals surface area contributed by atoms with Crippen molar-refractivity contribution in [2.45, 2.75) is 42.8 Å². The number of fused-ring (bicyclic) bond motifs is 1. The molecular weight excluding hydrogens is 456 g/mol. The number of nitrogen functional groups attached to an aromatic ring is 1. The fourth-order valence-electron chi connectivity index (χ4n) is 3.63. The number of nitrogens with zero attached hydrogens (tertiary/aromatic N) is 4. The Kier molecular flexibility index (Phi) is 6.02. The van der Waals surface area contributed by atoms with Gasteiger partial charge in [-0.2, -0.15) is 0 Å². The SMILES string of the molecule is CCc1ccc(C(=O)OC[C@H]2O[C@@H](n3cnc4c(N)ncnc43)[C@H](O)[C@@H]2O)cc1S(N)(=O)=O. The summed E-state index contributed by atoms with van der Waals surface area (Å²) in [5, 5.41) is 26.1. The van der Waals surface area contributed by atoms with Crippen LogP contribution in [0.4, 0.5) is 5.82 Å². The summed E-state index contributed by atoms with van der Waals surface area (Å²) in [6.07, 6.45) is -1.93. The number of benzene rings is 1. The van der Waals surface area contributed by atoms with E-state index < -0.39 is 47.1 Å². The van der Waals surface area contributed by atoms with E-state index in [0.717, 1.165) is 6.07 Å². The monoisotopic (exact) mass is 478 g/mol. The number of aliphatic hydroxyl groups is 2. The number of nitrogens with two attached hydrogens (primary N) is 2. The van der Waals surface area contributed by atoms with Crippen molar-refractivity contribution in [3.8, 4) is 0 Å². The van der Waals surface area contributed by atoms with E-state index in [1.807, 2.05) is 0 Å². The summed E-state index contributed by atoms with van der Waals surface area (Å²) in [5.41, 5.74) is 6.80. The molecule has 2 aromatic heterocycles. The average Bonchev–Trinajstić information content (AvgIpc) is 3.33. The molecule has 14 heteroatoms. The lowest BCUT2D eigenvalue weighted by molar-refractivity contribution is -0.0565. The summed E-state index contributed by atoms with van der Waals surface area (Å²) in [6, 6.07) is 4.04. The van der Waals surface area contributed by atoms with Gasteiger partial charge in [-0.25, -0.2) is 33.3 Å². The van der Waals surface area contributed by atoms with Gasteiger partial charge in [0.15, 0.2) is 17.7 Å². The number of sulfonamides is 1. The highest BCUT2D eigenvalue weighted by atomic mass is 32.2. The molecule has 1 fully saturated rings. The van der Waals surface area contributed by atoms with Crippen LogP contribution in [-0.2, 0) is 25.9 Å². The summed E-state index contributed by atoms with van der Waals surface area (Å²) < 4.78 is 35.9. The van der Waals surface area contributed by atoms with Gasteiger partial charge in [0, 0.05) is 0 Å². The normalized spacial score (nSPS) is 23.2. The summed E-state index contributed by atoms with van der Waals surface area (Å²) in [7, 11) is -4.04. The van der Waals surface area contributed by atoms with Crippen LogP contribution in [0.5, 0.6) is 0 Å². The van der Waals surface area contributed by atoms with E-state index in [2.05, 4.69) is 15.0 Å². The minimum atomic E-state index is -4.04. The molecule has 4 rings (SSSR count). The van der Waals surface area contributed by atoms with Crippen molar-refractivity contribution in [2.75, 3.05) is 12.3 Å². The van der Waals surface area contributed by atoms with Gasteiger partial charge in [0.2, 0.25) is 10.0 Å². The highest BCUT2D eigenvalue weighted by Gasteiger charge is 2.45. The molecule has 0 bridgehead atoms. The second-order valence-electron chi connectivity index (χ2n) is 7.45. The zero-order valence-corrected chi connectivity index (χ0v) is 18.2. The molecule has 33 heavy (non-hydrogen) atoms. The molecule has 0 radical (unpaired) electrons. The van der Waals surface area contributed by atoms with Crippen LogP contribution in [0.3, 0.4) is 0 Å². The number of aryl methyl sites for hydroxylation is 1. The second-order valence-corrected chi connectivity index (χ2v) is 8.98. The van der Waals surface area contributed by atoms with E-state index in [0.29, 0.717) is 23.1 Å². The number of hydrogen-bond acceptors (Lipinski definition) is 11. The smallest absolute Gasteiger partial charge is 0.338 e. The number of ether oxygens (including phenoxy) is 2. The Morgan fingerprint density at radius 2 is 2.00 bits per heavy atom. The van der Waals surface area contributed by atoms with E-state index in [-0.39, 0.29) is 16.3 Å². The van der Waals surface area contributed by atoms with Crippen LogP contribution in [0, 0.1) is 0 Å². The van der Waals surface area contributed by atoms with Gasteiger partial charge in [-0.15, -0.1) is 0 Å². The minimum Gasteiger partial charge on any atom is -0.459 e. The van der Waals surface area contributed by atoms with Crippen molar-refractivity contribution in [2.24, 2.45) is 5.14 Å². The third-order valence-corrected chi connectivity index (χ3v) is 6.36. The van der Waals surface area contributed by atoms with E-state index >= 15 is 0 Å². The van der Waals surface area contributed by atoms with Crippen LogP contribution in [0.15, 0.2) is 35.7 Å². The average molecular weight is 478 g/mol. The zero-order chi connectivity index (χ0) is 23.9. The van der Waals surface area contributed by atoms with Crippen LogP contribution in [-0.4, -0.2) is 69.0 Å². The fraction of sp³-hybridized carbons (Fsp3) is 0.368. The molecule has 6 N–H and O–H groups in total. The van der Waals surface area contributed by atoms with Gasteiger partial charge in [0.05, 0.1) is 16.8 Å². The van der Waals surface area contributed by atoms with Gasteiger partial charge < -0.3 is 25.4 Å². The molecule has 0 aliphatic carbocycles. The number of primary sulfonamides is 1. The summed E-state index contributed by atoms with van der Waals surface area (Å²) in [5.74, 6) is -0.699. The fourth-order valence-corrected chi connectivity index (χ4v) is 4.50. The Balaban J connectivity index is 1.49. The van der Waals surface area contributed by atoms with Crippen molar-refractivity contribution in [3.63, 3.8) is 0 Å². The number of esters is 1. The van der Waals surface area contributed by atoms with Crippen molar-refractivity contribution >= 4 is 33.0 Å². The van der Waals surface area contributed by atoms with Crippen LogP contribution in [0.25, 0.3) is 11.2 Å². The molecule has 1 aliphatic heterocycles. The van der Waals surface area contributed by atoms with Gasteiger partial charge in [0.25, 0.3) is 0 Å². The van der Waals surface area contributed by atoms with Crippen LogP contribution in [0.2, 0.25) is 0 Å². The molecule has 1 aromatic carbocycles. The largest absolute Gasteiger partial charge is 0.459 e. The maximum Gasteiger partial charge on any atom is 0.338 e. The summed E-state index contributed by atoms with van der Waals surface area (Å²) in [6.45, 7) is 1.35. The van der Waals surface area contributed by atoms with Crippen LogP contribution < -0.4 is 10.9 Å². The molecule has 3 heterocycles. The summed E-state index contributed by atoms with van der Waals surface area (Å²) >= 11 is 0. The maximum atomic E-state index is 12.5. The van der Waals surface area contributed by atoms with Gasteiger partial charge in [-0.1, -0.05) is 13.0 Å². The third-order valence-electron chi connectivity index (χ3n) is 5.37. The highest BCUT2D eigenvalue weighted by molar-refractivity contribution is 7.89. The molecule has 1 aliphatic rings. The first-order valence-corrected chi connectivity index (χ1v) is 11.4. The lowest BCUT2D eigenvalue weighted by Crippen LogP contribution is -2.34. The van der Waals surface area contributed by atoms with E-state index in [1.165, 1.54) is 29.4 Å². The number of imidazole rings is 1. The predicted octanol–water partition coefficient (Wildman–Crippen LogP) is -0.905. The molecule has 0 saturated carbocycles. The first-order valence-electron chi connectivity index (χ1n) is 9.89. The van der Waals surface area contributed by atoms with Gasteiger partial charge in [0.1, 0.15) is 36.8 Å². The number of hydrogen-bond donors (Lipinski definition) is 4. The Hall–Kier alpha value is -3.17. The topological polar surface area (TPSA) is 206 Å². The Bertz CT molecular complexity index is 1310. The predicted molar refractivity (Wildman–Crippen MR) is 113 cm³/mol. The molecule has 4 atom stereocenters. The highest BCUT2D eigenvalue weighted by Crippen LogP contribution is 2.32. The molecule has 3 aromatic rings. The number of carbonyl (C=O) groups excluding carboxylic acids is 1. The van der Waals surface area contributed by atoms with Gasteiger partial charge in [-0.05, 0) is 24.1 Å². The van der Waals surface area contributed by atoms with Crippen LogP contribution in [0.1, 0.15) is 29.1 Å². The first kappa shape index (κ1) is 23.0. The maximum absolute atomic E-state index is 12.5. The van der Waals surface area contributed by atoms with Crippen molar-refractivity contribution in [1.82, 2.24) is 19.5 Å². The molecule has 0 unspecified atom stereocenters. The second kappa shape index (κ2) is 8.64. The molecular formula is C19H22N6O7S. The number of rotatable bonds is 6. The number of aliphatic hydroxyl groups excluding tert-OH is 2. The van der Waals surface area contributed by atoms with E-state index in [1.54, 1.807) is 6.92 Å². The lowest BCUT2D eigenvalue weighted by atomic mass is 10.1. The Morgan fingerprint density at radius 1 is 1.24 bits per heavy atom. The van der Waals surface area contributed by atoms with E-state index in [9.17, 15) is 23.4 Å². The molecule has 0 amide bonds. The quantitative estimate of drug-likeness (QED) is 0.319. The molecule has 0 spiro atoms. The van der Waals surface area contributed by atoms with Crippen molar-refractivity contribution in [3.05, 3.63) is 42.0 Å². The summed E-state index contributed by atoms with van der Waals surface area (Å²) in [4.78, 5) is 24.3. The zero-order valence-electron chi connectivity index (χ0n) is 17.4. The molecule has 1 saturated heterocycles. The standard InChI is InChI=1S/C19H22N6O7S/c1-2-9-3-4-10(5-12(9)33(21,29)30)19(28)31-6-11-14(26)15(27)18(32-11)25-8-24-13-16(20)22-7-23-17(13)25/h3-5,7-8,11,14-15,18,26-27H,2,6H2,1H3,(H2,20,22,23)(H2,21,29,30)/t11-,14-,15-,18-/m1/s1. The lowest BCUT2D eigenvalue weighted by Gasteiger charge is -2.16. The third kappa shape index (κ3) is 4.26. The van der Waals surface area contributed by atoms with Crippen LogP contribution >= 0.6 is 0 Å². The Labute approximate surface area is 188 Å². The molecule has 13 nitrogen and oxygen atoms in total. The van der Waals surface area contributed by atoms with Crippen molar-refractivity contribution < 1.29 is 32.9 Å². The first-order chi connectivity index (χ1) is 15.6. The van der Waals surface area contributed by atoms with Gasteiger partial charge in [-0.3, -0.25) is 4.57 Å². The Morgan fingerprint density at radius 3 is 2.70 bits per heavy atom. The number of carbonyl (C=O) groups is 1.